The number of rotatable bonds is 4. The molecule has 0 radical (unpaired) electrons. The third-order valence-corrected chi connectivity index (χ3v) is 2.50. The molecule has 0 spiro atoms. The molecule has 1 N–H and O–H groups in total. The number of furan rings is 1. The molecule has 0 saturated heterocycles. The van der Waals surface area contributed by atoms with Gasteiger partial charge < -0.3 is 4.42 Å². The Hall–Kier alpha value is -1.62. The molecule has 0 amide bonds. The lowest BCUT2D eigenvalue weighted by molar-refractivity contribution is 0.0913. The Morgan fingerprint density at radius 2 is 2.29 bits per heavy atom. The van der Waals surface area contributed by atoms with E-state index in [-0.39, 0.29) is 5.56 Å². The largest absolute Gasteiger partial charge is 0.695 e. The number of carbonyl (C=O) groups excluding carboxylic acids is 1. The molecule has 1 atom stereocenters. The molecule has 0 fully saturated rings. The van der Waals surface area contributed by atoms with Crippen molar-refractivity contribution in [1.82, 2.24) is 0 Å². The number of benzene rings is 1. The second-order valence-electron chi connectivity index (χ2n) is 3.22. The van der Waals surface area contributed by atoms with E-state index in [0.717, 1.165) is 6.07 Å². The molecule has 0 saturated carbocycles. The van der Waals surface area contributed by atoms with Gasteiger partial charge in [0.1, 0.15) is 11.4 Å². The minimum atomic E-state index is -2.87. The maximum Gasteiger partial charge on any atom is 0.695 e. The zero-order chi connectivity index (χ0) is 12.4. The fraction of sp³-hybridized carbons (Fsp3) is 0.100. The molecular formula is C10H7FO5P+. The summed E-state index contributed by atoms with van der Waals surface area (Å²) in [4.78, 5) is 19.9. The summed E-state index contributed by atoms with van der Waals surface area (Å²) in [5, 5.41) is 0.572. The Morgan fingerprint density at radius 1 is 1.53 bits per heavy atom. The maximum atomic E-state index is 13.5. The SMILES string of the molecule is O=C(CO[P+](=O)O)c1cc2ccoc2cc1F. The molecule has 2 rings (SSSR count). The summed E-state index contributed by atoms with van der Waals surface area (Å²) in [6.07, 6.45) is 1.37. The topological polar surface area (TPSA) is 76.7 Å². The highest BCUT2D eigenvalue weighted by atomic mass is 31.1. The van der Waals surface area contributed by atoms with Gasteiger partial charge in [-0.1, -0.05) is 0 Å². The molecule has 1 heterocycles. The van der Waals surface area contributed by atoms with Gasteiger partial charge >= 0.3 is 8.25 Å². The van der Waals surface area contributed by atoms with Gasteiger partial charge in [-0.2, -0.15) is 0 Å². The van der Waals surface area contributed by atoms with Crippen LogP contribution in [0.25, 0.3) is 11.0 Å². The van der Waals surface area contributed by atoms with E-state index in [0.29, 0.717) is 11.0 Å². The van der Waals surface area contributed by atoms with Crippen molar-refractivity contribution in [2.24, 2.45) is 0 Å². The summed E-state index contributed by atoms with van der Waals surface area (Å²) >= 11 is 0. The van der Waals surface area contributed by atoms with E-state index < -0.39 is 26.5 Å². The van der Waals surface area contributed by atoms with Crippen molar-refractivity contribution < 1.29 is 27.6 Å². The number of ketones is 1. The first-order valence-corrected chi connectivity index (χ1v) is 5.70. The van der Waals surface area contributed by atoms with Crippen molar-refractivity contribution in [2.75, 3.05) is 6.61 Å². The molecule has 17 heavy (non-hydrogen) atoms. The molecule has 0 bridgehead atoms. The van der Waals surface area contributed by atoms with Gasteiger partial charge in [-0.25, -0.2) is 4.39 Å². The van der Waals surface area contributed by atoms with Crippen molar-refractivity contribution in [3.63, 3.8) is 0 Å². The van der Waals surface area contributed by atoms with E-state index in [4.69, 9.17) is 9.31 Å². The van der Waals surface area contributed by atoms with E-state index in [1.54, 1.807) is 6.07 Å². The molecule has 1 unspecified atom stereocenters. The van der Waals surface area contributed by atoms with E-state index in [9.17, 15) is 13.8 Å². The normalized spacial score (nSPS) is 11.8. The Kier molecular flexibility index (Phi) is 3.28. The minimum Gasteiger partial charge on any atom is -0.464 e. The van der Waals surface area contributed by atoms with Gasteiger partial charge in [0.05, 0.1) is 11.8 Å². The first-order chi connectivity index (χ1) is 8.08. The number of Topliss-reactive ketones (excluding diaryl/α,β-unsaturated/α-hetero) is 1. The number of fused-ring (bicyclic) bond motifs is 1. The van der Waals surface area contributed by atoms with Gasteiger partial charge in [0, 0.05) is 16.0 Å². The fourth-order valence-corrected chi connectivity index (χ4v) is 1.62. The Bertz CT molecular complexity index is 591. The fourth-order valence-electron chi connectivity index (χ4n) is 1.39. The molecule has 0 aliphatic carbocycles. The van der Waals surface area contributed by atoms with E-state index in [1.165, 1.54) is 12.3 Å². The second kappa shape index (κ2) is 4.71. The zero-order valence-electron chi connectivity index (χ0n) is 8.42. The van der Waals surface area contributed by atoms with Crippen LogP contribution in [0.2, 0.25) is 0 Å². The summed E-state index contributed by atoms with van der Waals surface area (Å²) in [5.41, 5.74) is 0.129. The van der Waals surface area contributed by atoms with Crippen LogP contribution < -0.4 is 0 Å². The average Bonchev–Trinajstić information content (AvgIpc) is 2.71. The lowest BCUT2D eigenvalue weighted by Crippen LogP contribution is -2.08. The predicted molar refractivity (Wildman–Crippen MR) is 56.3 cm³/mol. The van der Waals surface area contributed by atoms with E-state index in [2.05, 4.69) is 4.52 Å². The standard InChI is InChI=1S/C10H6FO5P/c11-8-4-10-6(1-2-15-10)3-7(8)9(12)5-16-17(13)14/h1-4H,5H2/p+1. The average molecular weight is 257 g/mol. The van der Waals surface area contributed by atoms with E-state index >= 15 is 0 Å². The number of halogens is 1. The zero-order valence-corrected chi connectivity index (χ0v) is 9.32. The van der Waals surface area contributed by atoms with Gasteiger partial charge in [-0.05, 0) is 12.1 Å². The molecule has 2 aromatic rings. The van der Waals surface area contributed by atoms with Gasteiger partial charge in [0.25, 0.3) is 0 Å². The monoisotopic (exact) mass is 257 g/mol. The maximum absolute atomic E-state index is 13.5. The summed E-state index contributed by atoms with van der Waals surface area (Å²) in [5.74, 6) is -1.46. The van der Waals surface area contributed by atoms with Crippen LogP contribution in [0.3, 0.4) is 0 Å². The van der Waals surface area contributed by atoms with Crippen LogP contribution in [0.1, 0.15) is 10.4 Å². The van der Waals surface area contributed by atoms with Crippen molar-refractivity contribution in [3.05, 3.63) is 35.8 Å². The quantitative estimate of drug-likeness (QED) is 0.672. The third kappa shape index (κ3) is 2.55. The molecule has 88 valence electrons. The first kappa shape index (κ1) is 11.9. The number of hydrogen-bond acceptors (Lipinski definition) is 4. The van der Waals surface area contributed by atoms with Gasteiger partial charge in [0.2, 0.25) is 0 Å². The van der Waals surface area contributed by atoms with E-state index in [1.807, 2.05) is 0 Å². The van der Waals surface area contributed by atoms with Crippen LogP contribution in [0.5, 0.6) is 0 Å². The van der Waals surface area contributed by atoms with Crippen molar-refractivity contribution in [2.45, 2.75) is 0 Å². The van der Waals surface area contributed by atoms with Crippen molar-refractivity contribution in [1.29, 1.82) is 0 Å². The highest BCUT2D eigenvalue weighted by molar-refractivity contribution is 7.32. The molecular weight excluding hydrogens is 250 g/mol. The van der Waals surface area contributed by atoms with Crippen molar-refractivity contribution in [3.8, 4) is 0 Å². The molecule has 7 heteroatoms. The minimum absolute atomic E-state index is 0.198. The van der Waals surface area contributed by atoms with Crippen molar-refractivity contribution >= 4 is 25.0 Å². The van der Waals surface area contributed by atoms with Crippen LogP contribution in [0.4, 0.5) is 4.39 Å². The molecule has 0 aliphatic heterocycles. The Morgan fingerprint density at radius 3 is 3.00 bits per heavy atom. The summed E-state index contributed by atoms with van der Waals surface area (Å²) in [7, 11) is -2.87. The van der Waals surface area contributed by atoms with Gasteiger partial charge in [-0.15, -0.1) is 9.42 Å². The van der Waals surface area contributed by atoms with Gasteiger partial charge in [-0.3, -0.25) is 4.79 Å². The molecule has 1 aromatic carbocycles. The molecule has 0 aliphatic rings. The number of carbonyl (C=O) groups is 1. The summed E-state index contributed by atoms with van der Waals surface area (Å²) in [6.45, 7) is -0.647. The summed E-state index contributed by atoms with van der Waals surface area (Å²) in [6, 6.07) is 3.98. The van der Waals surface area contributed by atoms with Gasteiger partial charge in [0.15, 0.2) is 12.4 Å². The first-order valence-electron chi connectivity index (χ1n) is 4.57. The highest BCUT2D eigenvalue weighted by Crippen LogP contribution is 2.22. The second-order valence-corrected chi connectivity index (χ2v) is 3.96. The van der Waals surface area contributed by atoms with Crippen LogP contribution >= 0.6 is 8.25 Å². The Labute approximate surface area is 95.8 Å². The lowest BCUT2D eigenvalue weighted by Gasteiger charge is -1.99. The smallest absolute Gasteiger partial charge is 0.464 e. The van der Waals surface area contributed by atoms with Crippen LogP contribution in [-0.2, 0) is 9.09 Å². The van der Waals surface area contributed by atoms with Crippen LogP contribution in [-0.4, -0.2) is 17.3 Å². The van der Waals surface area contributed by atoms with Crippen LogP contribution in [0.15, 0.2) is 28.9 Å². The lowest BCUT2D eigenvalue weighted by atomic mass is 10.1. The summed E-state index contributed by atoms with van der Waals surface area (Å²) < 4.78 is 33.0. The van der Waals surface area contributed by atoms with Crippen LogP contribution in [0, 0.1) is 5.82 Å². The number of hydrogen-bond donors (Lipinski definition) is 1. The molecule has 1 aromatic heterocycles. The highest BCUT2D eigenvalue weighted by Gasteiger charge is 2.20. The molecule has 5 nitrogen and oxygen atoms in total. The Balaban J connectivity index is 2.30. The third-order valence-electron chi connectivity index (χ3n) is 2.15. The predicted octanol–water partition coefficient (Wildman–Crippen LogP) is 2.42.